The fraction of sp³-hybridized carbons (Fsp3) is 0.944. The first kappa shape index (κ1) is 41.1. The van der Waals surface area contributed by atoms with Crippen LogP contribution in [0, 0.1) is 0 Å². The van der Waals surface area contributed by atoms with Crippen LogP contribution in [0.15, 0.2) is 0 Å². The summed E-state index contributed by atoms with van der Waals surface area (Å²) >= 11 is 0. The van der Waals surface area contributed by atoms with Crippen LogP contribution in [0.4, 0.5) is 0 Å². The largest absolute Gasteiger partial charge is 0.463 e. The number of carbonyl (C=O) groups excluding carboxylic acids is 2. The van der Waals surface area contributed by atoms with Crippen molar-refractivity contribution in [3.05, 3.63) is 0 Å². The highest BCUT2D eigenvalue weighted by Gasteiger charge is 2.24. The van der Waals surface area contributed by atoms with Gasteiger partial charge in [0.1, 0.15) is 19.3 Å². The van der Waals surface area contributed by atoms with E-state index in [0.717, 1.165) is 25.7 Å². The summed E-state index contributed by atoms with van der Waals surface area (Å²) in [5, 5.41) is 0. The highest BCUT2D eigenvalue weighted by molar-refractivity contribution is 6.69. The smallest absolute Gasteiger partial charge is 0.305 e. The summed E-state index contributed by atoms with van der Waals surface area (Å²) in [5.74, 6) is -0.345. The average molecular weight is 613 g/mol. The number of unbranched alkanes of at least 4 members (excludes halogenated alkanes) is 22. The van der Waals surface area contributed by atoms with E-state index in [9.17, 15) is 9.59 Å². The minimum absolute atomic E-state index is 0.160. The van der Waals surface area contributed by atoms with E-state index in [1.807, 2.05) is 0 Å². The fourth-order valence-electron chi connectivity index (χ4n) is 5.35. The Morgan fingerprint density at radius 2 is 0.714 bits per heavy atom. The SMILES string of the molecule is CCCCCCCCCCCCCCCC(=O)OCC(COC(=O)CCCCCCCCCCCCC)O[Si](C)(C)C. The number of hydrogen-bond donors (Lipinski definition) is 0. The van der Waals surface area contributed by atoms with Gasteiger partial charge in [-0.3, -0.25) is 9.59 Å². The molecule has 0 saturated carbocycles. The van der Waals surface area contributed by atoms with Gasteiger partial charge in [0.2, 0.25) is 0 Å². The van der Waals surface area contributed by atoms with E-state index >= 15 is 0 Å². The van der Waals surface area contributed by atoms with Crippen LogP contribution >= 0.6 is 0 Å². The molecule has 0 radical (unpaired) electrons. The number of esters is 2. The summed E-state index contributed by atoms with van der Waals surface area (Å²) in [4.78, 5) is 24.6. The van der Waals surface area contributed by atoms with Crippen LogP contribution in [-0.4, -0.2) is 39.6 Å². The molecule has 0 aliphatic rings. The molecule has 0 N–H and O–H groups in total. The number of hydrogen-bond acceptors (Lipinski definition) is 5. The first-order valence-corrected chi connectivity index (χ1v) is 21.7. The van der Waals surface area contributed by atoms with Gasteiger partial charge in [-0.25, -0.2) is 0 Å². The maximum absolute atomic E-state index is 12.3. The molecule has 5 nitrogen and oxygen atoms in total. The molecule has 0 aromatic rings. The molecule has 0 saturated heterocycles. The summed E-state index contributed by atoms with van der Waals surface area (Å²) in [6.45, 7) is 11.1. The molecule has 0 aliphatic heterocycles. The molecule has 0 aromatic carbocycles. The predicted octanol–water partition coefficient (Wildman–Crippen LogP) is 11.5. The van der Waals surface area contributed by atoms with Gasteiger partial charge < -0.3 is 13.9 Å². The van der Waals surface area contributed by atoms with Gasteiger partial charge in [0.15, 0.2) is 8.32 Å². The Hall–Kier alpha value is -0.883. The maximum atomic E-state index is 12.3. The Morgan fingerprint density at radius 3 is 0.976 bits per heavy atom. The lowest BCUT2D eigenvalue weighted by atomic mass is 10.0. The Labute approximate surface area is 263 Å². The lowest BCUT2D eigenvalue weighted by Gasteiger charge is -2.26. The third kappa shape index (κ3) is 32.0. The zero-order valence-electron chi connectivity index (χ0n) is 28.9. The lowest BCUT2D eigenvalue weighted by molar-refractivity contribution is -0.151. The third-order valence-electron chi connectivity index (χ3n) is 7.85. The highest BCUT2D eigenvalue weighted by Crippen LogP contribution is 2.15. The van der Waals surface area contributed by atoms with Crippen LogP contribution in [-0.2, 0) is 23.5 Å². The topological polar surface area (TPSA) is 61.8 Å². The van der Waals surface area contributed by atoms with Crippen LogP contribution in [0.1, 0.15) is 181 Å². The molecule has 0 rings (SSSR count). The van der Waals surface area contributed by atoms with E-state index in [4.69, 9.17) is 13.9 Å². The van der Waals surface area contributed by atoms with Gasteiger partial charge in [0.25, 0.3) is 0 Å². The van der Waals surface area contributed by atoms with Crippen LogP contribution < -0.4 is 0 Å². The second kappa shape index (κ2) is 30.2. The van der Waals surface area contributed by atoms with Crippen LogP contribution in [0.3, 0.4) is 0 Å². The van der Waals surface area contributed by atoms with Crippen molar-refractivity contribution in [3.63, 3.8) is 0 Å². The fourth-order valence-corrected chi connectivity index (χ4v) is 6.49. The quantitative estimate of drug-likeness (QED) is 0.0429. The minimum atomic E-state index is -1.86. The maximum Gasteiger partial charge on any atom is 0.305 e. The molecule has 0 aliphatic carbocycles. The molecular formula is C36H72O5Si. The Balaban J connectivity index is 3.87. The molecule has 0 spiro atoms. The summed E-state index contributed by atoms with van der Waals surface area (Å²) in [5.41, 5.74) is 0. The van der Waals surface area contributed by atoms with E-state index in [1.54, 1.807) is 0 Å². The molecule has 0 aromatic heterocycles. The standard InChI is InChI=1S/C36H72O5Si/c1-6-8-10-12-14-16-18-19-21-23-25-27-29-31-36(38)40-33-34(41-42(3,4)5)32-39-35(37)30-28-26-24-22-20-17-15-13-11-9-7-2/h34H,6-33H2,1-5H3. The first-order chi connectivity index (χ1) is 20.3. The predicted molar refractivity (Wildman–Crippen MR) is 182 cm³/mol. The highest BCUT2D eigenvalue weighted by atomic mass is 28.4. The summed E-state index contributed by atoms with van der Waals surface area (Å²) < 4.78 is 17.2. The van der Waals surface area contributed by atoms with E-state index in [1.165, 1.54) is 128 Å². The van der Waals surface area contributed by atoms with Crippen molar-refractivity contribution < 1.29 is 23.5 Å². The monoisotopic (exact) mass is 613 g/mol. The summed E-state index contributed by atoms with van der Waals surface area (Å²) in [6, 6.07) is 0. The molecule has 42 heavy (non-hydrogen) atoms. The van der Waals surface area contributed by atoms with Crippen molar-refractivity contribution in [2.24, 2.45) is 0 Å². The van der Waals surface area contributed by atoms with Crippen LogP contribution in [0.25, 0.3) is 0 Å². The Bertz CT molecular complexity index is 604. The van der Waals surface area contributed by atoms with Crippen molar-refractivity contribution in [2.75, 3.05) is 13.2 Å². The van der Waals surface area contributed by atoms with E-state index in [0.29, 0.717) is 12.8 Å². The molecular weight excluding hydrogens is 540 g/mol. The van der Waals surface area contributed by atoms with Gasteiger partial charge in [0, 0.05) is 12.8 Å². The lowest BCUT2D eigenvalue weighted by Crippen LogP contribution is -2.38. The summed E-state index contributed by atoms with van der Waals surface area (Å²) in [7, 11) is -1.86. The summed E-state index contributed by atoms with van der Waals surface area (Å²) in [6.07, 6.45) is 31.1. The zero-order valence-corrected chi connectivity index (χ0v) is 29.9. The molecule has 0 fully saturated rings. The molecule has 250 valence electrons. The van der Waals surface area contributed by atoms with Crippen molar-refractivity contribution in [2.45, 2.75) is 207 Å². The molecule has 1 atom stereocenters. The van der Waals surface area contributed by atoms with Crippen molar-refractivity contribution in [1.29, 1.82) is 0 Å². The molecule has 0 amide bonds. The molecule has 1 unspecified atom stereocenters. The van der Waals surface area contributed by atoms with Gasteiger partial charge in [-0.15, -0.1) is 0 Å². The third-order valence-corrected chi connectivity index (χ3v) is 8.89. The average Bonchev–Trinajstić information content (AvgIpc) is 2.95. The van der Waals surface area contributed by atoms with E-state index in [-0.39, 0.29) is 31.3 Å². The van der Waals surface area contributed by atoms with Gasteiger partial charge in [-0.05, 0) is 32.5 Å². The van der Waals surface area contributed by atoms with Gasteiger partial charge >= 0.3 is 11.9 Å². The van der Waals surface area contributed by atoms with Crippen molar-refractivity contribution >= 4 is 20.3 Å². The van der Waals surface area contributed by atoms with E-state index in [2.05, 4.69) is 33.5 Å². The van der Waals surface area contributed by atoms with E-state index < -0.39 is 8.32 Å². The van der Waals surface area contributed by atoms with Gasteiger partial charge in [-0.1, -0.05) is 155 Å². The van der Waals surface area contributed by atoms with Crippen LogP contribution in [0.2, 0.25) is 19.6 Å². The molecule has 6 heteroatoms. The van der Waals surface area contributed by atoms with Crippen molar-refractivity contribution in [3.8, 4) is 0 Å². The molecule has 0 bridgehead atoms. The van der Waals surface area contributed by atoms with Crippen molar-refractivity contribution in [1.82, 2.24) is 0 Å². The molecule has 0 heterocycles. The Morgan fingerprint density at radius 1 is 0.452 bits per heavy atom. The second-order valence-corrected chi connectivity index (χ2v) is 18.0. The normalized spacial score (nSPS) is 12.4. The number of ether oxygens (including phenoxy) is 2. The number of carbonyl (C=O) groups is 2. The number of rotatable bonds is 32. The van der Waals surface area contributed by atoms with Gasteiger partial charge in [0.05, 0.1) is 0 Å². The van der Waals surface area contributed by atoms with Gasteiger partial charge in [-0.2, -0.15) is 0 Å². The zero-order chi connectivity index (χ0) is 31.2. The second-order valence-electron chi connectivity index (χ2n) is 13.5. The van der Waals surface area contributed by atoms with Crippen LogP contribution in [0.5, 0.6) is 0 Å². The Kier molecular flexibility index (Phi) is 29.5. The minimum Gasteiger partial charge on any atom is -0.463 e. The first-order valence-electron chi connectivity index (χ1n) is 18.3.